The molecule has 2 nitrogen and oxygen atoms in total. The summed E-state index contributed by atoms with van der Waals surface area (Å²) in [6.45, 7) is 0.908. The number of para-hydroxylation sites is 2. The van der Waals surface area contributed by atoms with Gasteiger partial charge in [-0.1, -0.05) is 84.3 Å². The van der Waals surface area contributed by atoms with Gasteiger partial charge in [-0.25, -0.2) is 0 Å². The molecule has 2 unspecified atom stereocenters. The van der Waals surface area contributed by atoms with Crippen molar-refractivity contribution >= 4 is 21.8 Å². The third-order valence-corrected chi connectivity index (χ3v) is 8.55. The van der Waals surface area contributed by atoms with E-state index in [0.717, 1.165) is 33.3 Å². The summed E-state index contributed by atoms with van der Waals surface area (Å²) in [6.07, 6.45) is 23.6. The van der Waals surface area contributed by atoms with Gasteiger partial charge in [-0.05, 0) is 58.7 Å². The molecule has 0 spiro atoms. The normalized spacial score (nSPS) is 15.2. The van der Waals surface area contributed by atoms with Crippen LogP contribution in [0.3, 0.4) is 0 Å². The summed E-state index contributed by atoms with van der Waals surface area (Å²) in [7, 11) is 0. The van der Waals surface area contributed by atoms with Gasteiger partial charge in [0, 0.05) is 44.3 Å². The third kappa shape index (κ3) is 3.61. The van der Waals surface area contributed by atoms with E-state index in [-0.39, 0.29) is 11.8 Å². The largest absolute Gasteiger partial charge is 0.332 e. The minimum absolute atomic E-state index is 0.0901. The van der Waals surface area contributed by atoms with Gasteiger partial charge in [-0.15, -0.1) is 25.7 Å². The highest BCUT2D eigenvalue weighted by Gasteiger charge is 2.42. The molecule has 6 aromatic rings. The predicted molar refractivity (Wildman–Crippen MR) is 172 cm³/mol. The van der Waals surface area contributed by atoms with E-state index in [1.165, 1.54) is 33.3 Å². The second-order valence-electron chi connectivity index (χ2n) is 10.6. The van der Waals surface area contributed by atoms with Gasteiger partial charge in [0.25, 0.3) is 0 Å². The Morgan fingerprint density at radius 2 is 0.881 bits per heavy atom. The van der Waals surface area contributed by atoms with Crippen LogP contribution in [0.2, 0.25) is 0 Å². The van der Waals surface area contributed by atoms with Crippen LogP contribution >= 0.6 is 0 Å². The maximum Gasteiger partial charge on any atom is 0.0838 e. The van der Waals surface area contributed by atoms with Gasteiger partial charge in [0.05, 0.1) is 24.9 Å². The summed E-state index contributed by atoms with van der Waals surface area (Å²) in [6, 6.07) is 33.8. The molecule has 0 fully saturated rings. The van der Waals surface area contributed by atoms with Crippen LogP contribution < -0.4 is 0 Å². The molecule has 2 aromatic heterocycles. The van der Waals surface area contributed by atoms with Gasteiger partial charge >= 0.3 is 0 Å². The number of benzene rings is 4. The molecule has 196 valence electrons. The molecule has 2 heterocycles. The van der Waals surface area contributed by atoms with Gasteiger partial charge in [0.15, 0.2) is 0 Å². The van der Waals surface area contributed by atoms with Crippen molar-refractivity contribution in [2.24, 2.45) is 0 Å². The van der Waals surface area contributed by atoms with Crippen molar-refractivity contribution in [1.29, 1.82) is 0 Å². The van der Waals surface area contributed by atoms with Crippen LogP contribution in [0.5, 0.6) is 0 Å². The van der Waals surface area contributed by atoms with E-state index in [1.807, 2.05) is 24.3 Å². The maximum atomic E-state index is 6.03. The minimum Gasteiger partial charge on any atom is -0.332 e. The lowest BCUT2D eigenvalue weighted by Crippen LogP contribution is -2.23. The summed E-state index contributed by atoms with van der Waals surface area (Å²) in [5, 5.41) is 2.37. The lowest BCUT2D eigenvalue weighted by Gasteiger charge is -2.33. The van der Waals surface area contributed by atoms with Crippen molar-refractivity contribution in [3.8, 4) is 49.4 Å². The topological polar surface area (TPSA) is 9.86 Å². The fourth-order valence-electron chi connectivity index (χ4n) is 6.92. The quantitative estimate of drug-likeness (QED) is 0.207. The molecule has 42 heavy (non-hydrogen) atoms. The lowest BCUT2D eigenvalue weighted by molar-refractivity contribution is 0.687. The van der Waals surface area contributed by atoms with E-state index in [1.54, 1.807) is 0 Å². The molecular weight excluding hydrogens is 508 g/mol. The van der Waals surface area contributed by atoms with Crippen LogP contribution in [0.15, 0.2) is 97.1 Å². The molecule has 0 N–H and O–H groups in total. The molecule has 2 heteroatoms. The fourth-order valence-corrected chi connectivity index (χ4v) is 6.92. The van der Waals surface area contributed by atoms with Crippen molar-refractivity contribution < 1.29 is 0 Å². The van der Waals surface area contributed by atoms with Crippen molar-refractivity contribution in [2.75, 3.05) is 0 Å². The van der Waals surface area contributed by atoms with Crippen LogP contribution in [0, 0.1) is 49.4 Å². The van der Waals surface area contributed by atoms with Crippen LogP contribution in [-0.2, 0) is 13.1 Å². The molecule has 7 rings (SSSR count). The summed E-state index contributed by atoms with van der Waals surface area (Å²) in [5.74, 6) is 11.2. The zero-order valence-corrected chi connectivity index (χ0v) is 23.0. The SMILES string of the molecule is C#CCn1c2c(c3ccccc31)C(c1ccc(C#C)cc1)c1c(c3ccccc3n1CC#C)C2c1ccc(C#C)cc1. The number of nitrogens with zero attached hydrogens (tertiary/aromatic N) is 2. The zero-order valence-electron chi connectivity index (χ0n) is 23.0. The molecule has 0 saturated heterocycles. The van der Waals surface area contributed by atoms with E-state index in [0.29, 0.717) is 13.1 Å². The molecule has 0 aliphatic heterocycles. The van der Waals surface area contributed by atoms with Crippen molar-refractivity contribution in [1.82, 2.24) is 9.13 Å². The predicted octanol–water partition coefficient (Wildman–Crippen LogP) is 7.50. The molecule has 4 aromatic carbocycles. The first-order valence-electron chi connectivity index (χ1n) is 13.9. The number of aromatic nitrogens is 2. The molecule has 0 saturated carbocycles. The Hall–Kier alpha value is -5.80. The Morgan fingerprint density at radius 1 is 0.500 bits per heavy atom. The lowest BCUT2D eigenvalue weighted by atomic mass is 9.72. The van der Waals surface area contributed by atoms with E-state index in [4.69, 9.17) is 25.7 Å². The molecular formula is C40H26N2. The van der Waals surface area contributed by atoms with Crippen molar-refractivity contribution in [2.45, 2.75) is 24.9 Å². The number of terminal acetylenes is 4. The molecule has 1 aliphatic carbocycles. The van der Waals surface area contributed by atoms with E-state index in [9.17, 15) is 0 Å². The smallest absolute Gasteiger partial charge is 0.0838 e. The van der Waals surface area contributed by atoms with Gasteiger partial charge < -0.3 is 9.13 Å². The van der Waals surface area contributed by atoms with Crippen LogP contribution in [-0.4, -0.2) is 9.13 Å². The van der Waals surface area contributed by atoms with Gasteiger partial charge in [-0.3, -0.25) is 0 Å². The molecule has 0 radical (unpaired) electrons. The number of rotatable bonds is 4. The van der Waals surface area contributed by atoms with E-state index >= 15 is 0 Å². The standard InChI is InChI=1S/C40H26N2/c1-5-25-41-33-15-11-9-13-31(33)37-36(30-23-19-28(8-4)20-24-30)40-38(32-14-10-12-16-34(32)42(40)26-6-2)35(39(37)41)29-21-17-27(7-3)18-22-29/h1-4,9-24,35-36H,25-26H2. The Morgan fingerprint density at radius 3 is 1.24 bits per heavy atom. The Kier molecular flexibility index (Phi) is 5.99. The molecule has 0 amide bonds. The Balaban J connectivity index is 1.69. The van der Waals surface area contributed by atoms with Crippen LogP contribution in [0.1, 0.15) is 56.6 Å². The second kappa shape index (κ2) is 9.99. The van der Waals surface area contributed by atoms with E-state index in [2.05, 4.69) is 106 Å². The number of hydrogen-bond acceptors (Lipinski definition) is 0. The first kappa shape index (κ1) is 25.2. The summed E-state index contributed by atoms with van der Waals surface area (Å²) < 4.78 is 4.65. The summed E-state index contributed by atoms with van der Waals surface area (Å²) >= 11 is 0. The monoisotopic (exact) mass is 534 g/mol. The number of hydrogen-bond donors (Lipinski definition) is 0. The minimum atomic E-state index is -0.0901. The maximum absolute atomic E-state index is 6.03. The second-order valence-corrected chi connectivity index (χ2v) is 10.6. The van der Waals surface area contributed by atoms with Gasteiger partial charge in [0.1, 0.15) is 0 Å². The average Bonchev–Trinajstić information content (AvgIpc) is 3.54. The zero-order chi connectivity index (χ0) is 28.8. The highest BCUT2D eigenvalue weighted by Crippen LogP contribution is 2.55. The third-order valence-electron chi connectivity index (χ3n) is 8.55. The van der Waals surface area contributed by atoms with E-state index < -0.39 is 0 Å². The number of fused-ring (bicyclic) bond motifs is 6. The molecule has 0 bridgehead atoms. The molecule has 1 aliphatic rings. The first-order valence-corrected chi connectivity index (χ1v) is 13.9. The van der Waals surface area contributed by atoms with Crippen LogP contribution in [0.4, 0.5) is 0 Å². The van der Waals surface area contributed by atoms with Gasteiger partial charge in [-0.2, -0.15) is 0 Å². The Bertz CT molecular complexity index is 2010. The van der Waals surface area contributed by atoms with Crippen molar-refractivity contribution in [3.63, 3.8) is 0 Å². The highest BCUT2D eigenvalue weighted by molar-refractivity contribution is 5.94. The molecule has 2 atom stereocenters. The van der Waals surface area contributed by atoms with Gasteiger partial charge in [0.2, 0.25) is 0 Å². The summed E-state index contributed by atoms with van der Waals surface area (Å²) in [4.78, 5) is 0. The van der Waals surface area contributed by atoms with Crippen molar-refractivity contribution in [3.05, 3.63) is 142 Å². The fraction of sp³-hybridized carbons (Fsp3) is 0.100. The Labute approximate surface area is 246 Å². The summed E-state index contributed by atoms with van der Waals surface area (Å²) in [5.41, 5.74) is 11.1. The highest BCUT2D eigenvalue weighted by atomic mass is 15.0. The first-order chi connectivity index (χ1) is 20.7. The average molecular weight is 535 g/mol. The van der Waals surface area contributed by atoms with Crippen LogP contribution in [0.25, 0.3) is 21.8 Å².